The van der Waals surface area contributed by atoms with E-state index in [0.29, 0.717) is 0 Å². The van der Waals surface area contributed by atoms with E-state index in [0.717, 1.165) is 0 Å². The van der Waals surface area contributed by atoms with E-state index in [1.54, 1.807) is 0 Å². The molecule has 248 valence electrons. The van der Waals surface area contributed by atoms with Crippen molar-refractivity contribution in [1.29, 1.82) is 0 Å². The van der Waals surface area contributed by atoms with Crippen LogP contribution in [0.4, 0.5) is 57.1 Å². The summed E-state index contributed by atoms with van der Waals surface area (Å²) in [4.78, 5) is 0. The Morgan fingerprint density at radius 3 is 1.07 bits per heavy atom. The molecular formula is C24H39F13O3Si. The lowest BCUT2D eigenvalue weighted by molar-refractivity contribution is -0.0702. The highest BCUT2D eigenvalue weighted by Crippen LogP contribution is 2.33. The summed E-state index contributed by atoms with van der Waals surface area (Å²) in [5.41, 5.74) is 0. The third kappa shape index (κ3) is 12.4. The average molecular weight is 651 g/mol. The first-order valence-electron chi connectivity index (χ1n) is 13.3. The van der Waals surface area contributed by atoms with Gasteiger partial charge in [0.15, 0.2) is 61.7 Å². The van der Waals surface area contributed by atoms with Crippen LogP contribution >= 0.6 is 0 Å². The van der Waals surface area contributed by atoms with Crippen molar-refractivity contribution in [2.24, 2.45) is 0 Å². The van der Waals surface area contributed by atoms with E-state index in [1.807, 2.05) is 0 Å². The molecule has 0 N–H and O–H groups in total. The van der Waals surface area contributed by atoms with Crippen molar-refractivity contribution in [1.82, 2.24) is 0 Å². The Morgan fingerprint density at radius 2 is 0.756 bits per heavy atom. The monoisotopic (exact) mass is 650 g/mol. The van der Waals surface area contributed by atoms with Crippen molar-refractivity contribution in [2.45, 2.75) is 127 Å². The molecule has 0 saturated heterocycles. The number of alkyl halides is 13. The SMILES string of the molecule is CCO[Si](CC(F)C(F)C(F)C(F)C(F)C(F)C(F)C(F)C(F)C(F)C(F)C(F)CCCCCF)(OCC)OCC. The van der Waals surface area contributed by atoms with Crippen LogP contribution in [0.25, 0.3) is 0 Å². The van der Waals surface area contributed by atoms with Crippen molar-refractivity contribution in [3.63, 3.8) is 0 Å². The van der Waals surface area contributed by atoms with Crippen molar-refractivity contribution in [3.05, 3.63) is 0 Å². The molecule has 0 aromatic carbocycles. The summed E-state index contributed by atoms with van der Waals surface area (Å²) >= 11 is 0. The van der Waals surface area contributed by atoms with Crippen LogP contribution in [-0.4, -0.2) is 109 Å². The predicted molar refractivity (Wildman–Crippen MR) is 129 cm³/mol. The minimum atomic E-state index is -4.07. The van der Waals surface area contributed by atoms with Crippen LogP contribution in [0.2, 0.25) is 6.04 Å². The van der Waals surface area contributed by atoms with Crippen LogP contribution < -0.4 is 0 Å². The molecule has 0 aliphatic heterocycles. The van der Waals surface area contributed by atoms with Crippen LogP contribution in [0.3, 0.4) is 0 Å². The predicted octanol–water partition coefficient (Wildman–Crippen LogP) is 7.62. The Balaban J connectivity index is 5.31. The number of halogens is 13. The summed E-state index contributed by atoms with van der Waals surface area (Å²) in [6.07, 6.45) is -44.9. The number of rotatable bonds is 24. The maximum Gasteiger partial charge on any atom is 0.504 e. The molecule has 17 heteroatoms. The molecule has 12 unspecified atom stereocenters. The van der Waals surface area contributed by atoms with Gasteiger partial charge >= 0.3 is 8.80 Å². The first-order valence-corrected chi connectivity index (χ1v) is 15.3. The van der Waals surface area contributed by atoms with Crippen LogP contribution in [0, 0.1) is 0 Å². The number of unbranched alkanes of at least 4 members (excludes halogenated alkanes) is 2. The Hall–Kier alpha value is -0.813. The van der Waals surface area contributed by atoms with Gasteiger partial charge in [0.2, 0.25) is 0 Å². The zero-order valence-corrected chi connectivity index (χ0v) is 23.9. The van der Waals surface area contributed by atoms with Gasteiger partial charge in [0.25, 0.3) is 0 Å². The van der Waals surface area contributed by atoms with E-state index in [1.165, 1.54) is 20.8 Å². The smallest absolute Gasteiger partial charge is 0.374 e. The van der Waals surface area contributed by atoms with Crippen molar-refractivity contribution >= 4 is 8.80 Å². The van der Waals surface area contributed by atoms with Gasteiger partial charge in [-0.1, -0.05) is 12.8 Å². The zero-order chi connectivity index (χ0) is 31.9. The van der Waals surface area contributed by atoms with E-state index in [-0.39, 0.29) is 39.1 Å². The number of hydrogen-bond acceptors (Lipinski definition) is 3. The second kappa shape index (κ2) is 20.2. The van der Waals surface area contributed by atoms with Crippen molar-refractivity contribution < 1.29 is 70.4 Å². The van der Waals surface area contributed by atoms with Gasteiger partial charge in [-0.15, -0.1) is 0 Å². The van der Waals surface area contributed by atoms with Gasteiger partial charge in [0, 0.05) is 19.8 Å². The summed E-state index contributed by atoms with van der Waals surface area (Å²) in [6, 6.07) is -1.07. The standard InChI is InChI=1S/C24H39F13O3Si/c1-4-38-41(39-5-2,40-6-3)12-14(27)16(29)18(31)20(33)22(35)24(37)23(36)21(34)19(32)17(30)15(28)13(26)10-8-7-9-11-25/h13-24H,4-12H2,1-3H3. The van der Waals surface area contributed by atoms with Gasteiger partial charge in [-0.05, 0) is 33.6 Å². The topological polar surface area (TPSA) is 27.7 Å². The van der Waals surface area contributed by atoms with Crippen molar-refractivity contribution in [2.75, 3.05) is 26.5 Å². The molecule has 0 aliphatic carbocycles. The first-order chi connectivity index (χ1) is 19.2. The Kier molecular flexibility index (Phi) is 19.8. The van der Waals surface area contributed by atoms with E-state index in [4.69, 9.17) is 13.3 Å². The van der Waals surface area contributed by atoms with Gasteiger partial charge in [-0.25, -0.2) is 52.7 Å². The zero-order valence-electron chi connectivity index (χ0n) is 22.9. The molecule has 0 radical (unpaired) electrons. The third-order valence-corrected chi connectivity index (χ3v) is 9.16. The summed E-state index contributed by atoms with van der Waals surface area (Å²) < 4.78 is 197. The van der Waals surface area contributed by atoms with Crippen LogP contribution in [0.15, 0.2) is 0 Å². The lowest BCUT2D eigenvalue weighted by Crippen LogP contribution is -2.52. The molecule has 0 saturated carbocycles. The van der Waals surface area contributed by atoms with Crippen LogP contribution in [0.5, 0.6) is 0 Å². The van der Waals surface area contributed by atoms with E-state index >= 15 is 0 Å². The van der Waals surface area contributed by atoms with E-state index < -0.39 is 102 Å². The summed E-state index contributed by atoms with van der Waals surface area (Å²) in [5.74, 6) is 0. The molecule has 0 aromatic rings. The summed E-state index contributed by atoms with van der Waals surface area (Å²) in [5, 5.41) is 0. The fraction of sp³-hybridized carbons (Fsp3) is 1.00. The second-order valence-electron chi connectivity index (χ2n) is 9.20. The molecule has 3 nitrogen and oxygen atoms in total. The normalized spacial score (nSPS) is 21.7. The fourth-order valence-electron chi connectivity index (χ4n) is 3.89. The summed E-state index contributed by atoms with van der Waals surface area (Å²) in [7, 11) is -3.97. The van der Waals surface area contributed by atoms with Gasteiger partial charge < -0.3 is 13.3 Å². The van der Waals surface area contributed by atoms with Crippen molar-refractivity contribution in [3.8, 4) is 0 Å². The van der Waals surface area contributed by atoms with E-state index in [9.17, 15) is 57.1 Å². The molecule has 0 rings (SSSR count). The minimum absolute atomic E-state index is 0.0202. The molecule has 0 heterocycles. The minimum Gasteiger partial charge on any atom is -0.374 e. The molecule has 0 fully saturated rings. The van der Waals surface area contributed by atoms with Gasteiger partial charge in [-0.3, -0.25) is 4.39 Å². The maximum absolute atomic E-state index is 14.6. The Morgan fingerprint density at radius 1 is 0.439 bits per heavy atom. The molecule has 0 aromatic heterocycles. The van der Waals surface area contributed by atoms with Gasteiger partial charge in [0.05, 0.1) is 12.7 Å². The van der Waals surface area contributed by atoms with Gasteiger partial charge in [0.1, 0.15) is 12.3 Å². The van der Waals surface area contributed by atoms with Crippen LogP contribution in [-0.2, 0) is 13.3 Å². The fourth-order valence-corrected chi connectivity index (χ4v) is 6.51. The largest absolute Gasteiger partial charge is 0.504 e. The quantitative estimate of drug-likeness (QED) is 0.0612. The molecule has 0 amide bonds. The maximum atomic E-state index is 14.6. The molecule has 12 atom stereocenters. The Bertz CT molecular complexity index is 659. The highest BCUT2D eigenvalue weighted by molar-refractivity contribution is 6.60. The molecule has 0 spiro atoms. The van der Waals surface area contributed by atoms with Crippen LogP contribution in [0.1, 0.15) is 46.5 Å². The summed E-state index contributed by atoms with van der Waals surface area (Å²) in [6.45, 7) is 3.26. The van der Waals surface area contributed by atoms with Gasteiger partial charge in [-0.2, -0.15) is 0 Å². The molecule has 41 heavy (non-hydrogen) atoms. The highest BCUT2D eigenvalue weighted by Gasteiger charge is 2.53. The molecular weight excluding hydrogens is 611 g/mol. The third-order valence-electron chi connectivity index (χ3n) is 6.08. The highest BCUT2D eigenvalue weighted by atomic mass is 28.4. The molecule has 0 aliphatic rings. The Labute approximate surface area is 232 Å². The lowest BCUT2D eigenvalue weighted by Gasteiger charge is -2.31. The van der Waals surface area contributed by atoms with E-state index in [2.05, 4.69) is 0 Å². The lowest BCUT2D eigenvalue weighted by atomic mass is 9.94. The first kappa shape index (κ1) is 40.2. The second-order valence-corrected chi connectivity index (χ2v) is 11.8. The number of hydrogen-bond donors (Lipinski definition) is 0. The molecule has 0 bridgehead atoms. The average Bonchev–Trinajstić information content (AvgIpc) is 2.95.